The quantitative estimate of drug-likeness (QED) is 0.653. The van der Waals surface area contributed by atoms with Gasteiger partial charge in [0, 0.05) is 17.1 Å². The second-order valence-corrected chi connectivity index (χ2v) is 7.90. The first kappa shape index (κ1) is 15.7. The maximum atomic E-state index is 13.7. The Balaban J connectivity index is 1.72. The number of nitrogens with one attached hydrogen (secondary N) is 1. The van der Waals surface area contributed by atoms with Crippen LogP contribution in [0.5, 0.6) is 0 Å². The SMILES string of the molecule is O=S(Nc1ncc2ccccc2c1C1CC1)c1ccc(Br)c(F)c1. The Labute approximate surface area is 150 Å². The summed E-state index contributed by atoms with van der Waals surface area (Å²) in [5.74, 6) is 0.638. The van der Waals surface area contributed by atoms with E-state index in [1.807, 2.05) is 18.2 Å². The highest BCUT2D eigenvalue weighted by molar-refractivity contribution is 9.10. The zero-order valence-corrected chi connectivity index (χ0v) is 15.0. The van der Waals surface area contributed by atoms with E-state index in [4.69, 9.17) is 0 Å². The summed E-state index contributed by atoms with van der Waals surface area (Å²) in [7, 11) is -1.57. The molecule has 1 N–H and O–H groups in total. The van der Waals surface area contributed by atoms with E-state index in [0.29, 0.717) is 21.1 Å². The number of fused-ring (bicyclic) bond motifs is 1. The lowest BCUT2D eigenvalue weighted by Crippen LogP contribution is -2.09. The van der Waals surface area contributed by atoms with Crippen molar-refractivity contribution >= 4 is 43.5 Å². The molecular formula is C18H14BrFN2OS. The summed E-state index contributed by atoms with van der Waals surface area (Å²) in [4.78, 5) is 4.85. The zero-order chi connectivity index (χ0) is 16.7. The van der Waals surface area contributed by atoms with E-state index in [9.17, 15) is 8.60 Å². The van der Waals surface area contributed by atoms with Crippen molar-refractivity contribution < 1.29 is 8.60 Å². The molecule has 0 spiro atoms. The Morgan fingerprint density at radius 3 is 2.75 bits per heavy atom. The lowest BCUT2D eigenvalue weighted by atomic mass is 10.0. The number of aromatic nitrogens is 1. The van der Waals surface area contributed by atoms with E-state index in [2.05, 4.69) is 31.7 Å². The maximum absolute atomic E-state index is 13.7. The predicted molar refractivity (Wildman–Crippen MR) is 97.8 cm³/mol. The topological polar surface area (TPSA) is 42.0 Å². The van der Waals surface area contributed by atoms with Crippen LogP contribution < -0.4 is 4.72 Å². The van der Waals surface area contributed by atoms with Crippen LogP contribution in [0.2, 0.25) is 0 Å². The Morgan fingerprint density at radius 1 is 1.21 bits per heavy atom. The largest absolute Gasteiger partial charge is 0.285 e. The van der Waals surface area contributed by atoms with Gasteiger partial charge in [0.25, 0.3) is 0 Å². The van der Waals surface area contributed by atoms with Crippen LogP contribution in [0.25, 0.3) is 10.8 Å². The van der Waals surface area contributed by atoms with Gasteiger partial charge in [0.05, 0.1) is 9.37 Å². The monoisotopic (exact) mass is 404 g/mol. The van der Waals surface area contributed by atoms with Crippen molar-refractivity contribution in [1.82, 2.24) is 4.98 Å². The Morgan fingerprint density at radius 2 is 2.00 bits per heavy atom. The van der Waals surface area contributed by atoms with E-state index >= 15 is 0 Å². The van der Waals surface area contributed by atoms with Crippen molar-refractivity contribution in [3.63, 3.8) is 0 Å². The molecule has 1 aliphatic carbocycles. The van der Waals surface area contributed by atoms with Crippen LogP contribution in [-0.4, -0.2) is 9.19 Å². The summed E-state index contributed by atoms with van der Waals surface area (Å²) in [5.41, 5.74) is 1.11. The number of nitrogens with zero attached hydrogens (tertiary/aromatic N) is 1. The van der Waals surface area contributed by atoms with E-state index in [1.54, 1.807) is 18.3 Å². The van der Waals surface area contributed by atoms with Crippen LogP contribution >= 0.6 is 15.9 Å². The average molecular weight is 405 g/mol. The summed E-state index contributed by atoms with van der Waals surface area (Å²) >= 11 is 3.10. The number of anilines is 1. The van der Waals surface area contributed by atoms with Gasteiger partial charge in [-0.2, -0.15) is 0 Å². The molecule has 1 unspecified atom stereocenters. The fourth-order valence-electron chi connectivity index (χ4n) is 2.79. The standard InChI is InChI=1S/C18H14BrFN2OS/c19-15-8-7-13(9-16(15)20)24(23)22-18-17(11-5-6-11)14-4-2-1-3-12(14)10-21-18/h1-4,7-11H,5-6H2,(H,21,22). The first-order valence-corrected chi connectivity index (χ1v) is 9.59. The summed E-state index contributed by atoms with van der Waals surface area (Å²) in [6, 6.07) is 12.5. The molecule has 0 amide bonds. The van der Waals surface area contributed by atoms with Gasteiger partial charge in [0.2, 0.25) is 0 Å². The van der Waals surface area contributed by atoms with E-state index in [0.717, 1.165) is 29.2 Å². The molecule has 1 aromatic heterocycles. The number of benzene rings is 2. The summed E-state index contributed by atoms with van der Waals surface area (Å²) in [5, 5.41) is 2.21. The number of rotatable bonds is 4. The zero-order valence-electron chi connectivity index (χ0n) is 12.6. The molecule has 3 nitrogen and oxygen atoms in total. The van der Waals surface area contributed by atoms with Crippen LogP contribution in [0.1, 0.15) is 24.3 Å². The van der Waals surface area contributed by atoms with Crippen molar-refractivity contribution in [2.75, 3.05) is 4.72 Å². The van der Waals surface area contributed by atoms with Crippen molar-refractivity contribution in [3.8, 4) is 0 Å². The molecule has 24 heavy (non-hydrogen) atoms. The highest BCUT2D eigenvalue weighted by atomic mass is 79.9. The molecule has 0 bridgehead atoms. The molecule has 2 aromatic carbocycles. The smallest absolute Gasteiger partial charge is 0.151 e. The third kappa shape index (κ3) is 2.96. The van der Waals surface area contributed by atoms with Crippen LogP contribution in [0.4, 0.5) is 10.2 Å². The van der Waals surface area contributed by atoms with Crippen molar-refractivity contribution in [2.45, 2.75) is 23.7 Å². The molecule has 0 radical (unpaired) electrons. The predicted octanol–water partition coefficient (Wildman–Crippen LogP) is 5.15. The van der Waals surface area contributed by atoms with Gasteiger partial charge in [-0.25, -0.2) is 13.6 Å². The normalized spacial score (nSPS) is 15.4. The molecule has 4 rings (SSSR count). The van der Waals surface area contributed by atoms with Gasteiger partial charge in [-0.1, -0.05) is 24.3 Å². The Kier molecular flexibility index (Phi) is 4.10. The number of pyridine rings is 1. The second kappa shape index (κ2) is 6.26. The van der Waals surface area contributed by atoms with Gasteiger partial charge in [0.15, 0.2) is 11.0 Å². The molecule has 3 aromatic rings. The third-order valence-electron chi connectivity index (χ3n) is 4.12. The van der Waals surface area contributed by atoms with Crippen molar-refractivity contribution in [3.05, 3.63) is 64.5 Å². The summed E-state index contributed by atoms with van der Waals surface area (Å²) in [6.45, 7) is 0. The van der Waals surface area contributed by atoms with Gasteiger partial charge in [-0.05, 0) is 58.3 Å². The first-order valence-electron chi connectivity index (χ1n) is 7.64. The molecule has 0 saturated heterocycles. The molecule has 6 heteroatoms. The van der Waals surface area contributed by atoms with Crippen molar-refractivity contribution in [2.24, 2.45) is 0 Å². The van der Waals surface area contributed by atoms with Gasteiger partial charge in [-0.15, -0.1) is 0 Å². The van der Waals surface area contributed by atoms with Crippen LogP contribution in [0.15, 0.2) is 58.0 Å². The number of halogens is 2. The highest BCUT2D eigenvalue weighted by Gasteiger charge is 2.29. The van der Waals surface area contributed by atoms with E-state index in [-0.39, 0.29) is 0 Å². The lowest BCUT2D eigenvalue weighted by Gasteiger charge is -2.13. The highest BCUT2D eigenvalue weighted by Crippen LogP contribution is 2.46. The molecule has 1 atom stereocenters. The third-order valence-corrected chi connectivity index (χ3v) is 5.82. The number of hydrogen-bond donors (Lipinski definition) is 1. The van der Waals surface area contributed by atoms with Crippen LogP contribution in [0, 0.1) is 5.82 Å². The second-order valence-electron chi connectivity index (χ2n) is 5.83. The minimum Gasteiger partial charge on any atom is -0.285 e. The minimum absolute atomic E-state index is 0.353. The first-order chi connectivity index (χ1) is 11.6. The molecule has 1 fully saturated rings. The fourth-order valence-corrected chi connectivity index (χ4v) is 3.90. The van der Waals surface area contributed by atoms with Crippen molar-refractivity contribution in [1.29, 1.82) is 0 Å². The Hall–Kier alpha value is -1.79. The van der Waals surface area contributed by atoms with Gasteiger partial charge >= 0.3 is 0 Å². The van der Waals surface area contributed by atoms with Crippen LogP contribution in [-0.2, 0) is 11.0 Å². The molecule has 1 heterocycles. The molecule has 0 aliphatic heterocycles. The lowest BCUT2D eigenvalue weighted by molar-refractivity contribution is 0.616. The maximum Gasteiger partial charge on any atom is 0.151 e. The number of hydrogen-bond acceptors (Lipinski definition) is 2. The Bertz CT molecular complexity index is 959. The fraction of sp³-hybridized carbons (Fsp3) is 0.167. The van der Waals surface area contributed by atoms with Gasteiger partial charge in [0.1, 0.15) is 11.6 Å². The van der Waals surface area contributed by atoms with E-state index in [1.165, 1.54) is 6.07 Å². The average Bonchev–Trinajstić information content (AvgIpc) is 3.42. The summed E-state index contributed by atoms with van der Waals surface area (Å²) in [6.07, 6.45) is 4.01. The molecule has 122 valence electrons. The molecule has 1 aliphatic rings. The molecule has 1 saturated carbocycles. The summed E-state index contributed by atoms with van der Waals surface area (Å²) < 4.78 is 29.6. The van der Waals surface area contributed by atoms with E-state index < -0.39 is 16.8 Å². The molecular weight excluding hydrogens is 391 g/mol. The van der Waals surface area contributed by atoms with Gasteiger partial charge in [-0.3, -0.25) is 4.72 Å². The van der Waals surface area contributed by atoms with Gasteiger partial charge < -0.3 is 0 Å². The minimum atomic E-state index is -1.57. The van der Waals surface area contributed by atoms with Crippen LogP contribution in [0.3, 0.4) is 0 Å².